The van der Waals surface area contributed by atoms with Gasteiger partial charge in [0, 0.05) is 30.0 Å². The standard InChI is InChI=1S/C19H20N2O/c1-15-7-6-12-21(14-15)19(22)16-8-5-11-18(13-16)20-17-9-3-2-4-10-17/h2-11,13,15,20H,12,14H2,1H3. The van der Waals surface area contributed by atoms with Crippen LogP contribution in [0.25, 0.3) is 0 Å². The van der Waals surface area contributed by atoms with E-state index in [-0.39, 0.29) is 5.91 Å². The van der Waals surface area contributed by atoms with Gasteiger partial charge in [-0.3, -0.25) is 4.79 Å². The molecule has 0 aromatic heterocycles. The van der Waals surface area contributed by atoms with Gasteiger partial charge in [-0.05, 0) is 36.2 Å². The van der Waals surface area contributed by atoms with Gasteiger partial charge in [0.05, 0.1) is 0 Å². The number of benzene rings is 2. The van der Waals surface area contributed by atoms with Gasteiger partial charge in [-0.15, -0.1) is 0 Å². The largest absolute Gasteiger partial charge is 0.356 e. The van der Waals surface area contributed by atoms with E-state index < -0.39 is 0 Å². The lowest BCUT2D eigenvalue weighted by Crippen LogP contribution is -2.36. The van der Waals surface area contributed by atoms with Crippen LogP contribution in [0.1, 0.15) is 17.3 Å². The van der Waals surface area contributed by atoms with Crippen molar-refractivity contribution in [3.63, 3.8) is 0 Å². The molecule has 3 heteroatoms. The Morgan fingerprint density at radius 2 is 1.86 bits per heavy atom. The Morgan fingerprint density at radius 3 is 2.64 bits per heavy atom. The van der Waals surface area contributed by atoms with Crippen LogP contribution in [0.5, 0.6) is 0 Å². The Balaban J connectivity index is 1.76. The highest BCUT2D eigenvalue weighted by atomic mass is 16.2. The van der Waals surface area contributed by atoms with Gasteiger partial charge < -0.3 is 10.2 Å². The second-order valence-corrected chi connectivity index (χ2v) is 5.69. The number of amides is 1. The monoisotopic (exact) mass is 292 g/mol. The fourth-order valence-corrected chi connectivity index (χ4v) is 2.67. The molecule has 0 bridgehead atoms. The number of nitrogens with one attached hydrogen (secondary N) is 1. The highest BCUT2D eigenvalue weighted by Gasteiger charge is 2.19. The van der Waals surface area contributed by atoms with Crippen LogP contribution in [0.2, 0.25) is 0 Å². The van der Waals surface area contributed by atoms with Crippen molar-refractivity contribution in [1.82, 2.24) is 4.90 Å². The number of para-hydroxylation sites is 1. The fraction of sp³-hybridized carbons (Fsp3) is 0.211. The van der Waals surface area contributed by atoms with Gasteiger partial charge in [-0.2, -0.15) is 0 Å². The number of nitrogens with zero attached hydrogens (tertiary/aromatic N) is 1. The fourth-order valence-electron chi connectivity index (χ4n) is 2.67. The zero-order valence-electron chi connectivity index (χ0n) is 12.7. The lowest BCUT2D eigenvalue weighted by Gasteiger charge is -2.27. The summed E-state index contributed by atoms with van der Waals surface area (Å²) in [5.41, 5.74) is 2.67. The van der Waals surface area contributed by atoms with Crippen LogP contribution < -0.4 is 5.32 Å². The zero-order chi connectivity index (χ0) is 15.4. The van der Waals surface area contributed by atoms with Gasteiger partial charge in [-0.25, -0.2) is 0 Å². The van der Waals surface area contributed by atoms with Crippen molar-refractivity contribution >= 4 is 17.3 Å². The van der Waals surface area contributed by atoms with Crippen molar-refractivity contribution in [1.29, 1.82) is 0 Å². The van der Waals surface area contributed by atoms with Crippen LogP contribution in [-0.2, 0) is 0 Å². The third-order valence-electron chi connectivity index (χ3n) is 3.76. The van der Waals surface area contributed by atoms with E-state index in [4.69, 9.17) is 0 Å². The maximum absolute atomic E-state index is 12.6. The summed E-state index contributed by atoms with van der Waals surface area (Å²) >= 11 is 0. The van der Waals surface area contributed by atoms with Crippen molar-refractivity contribution in [2.24, 2.45) is 5.92 Å². The van der Waals surface area contributed by atoms with E-state index in [9.17, 15) is 4.79 Å². The minimum Gasteiger partial charge on any atom is -0.356 e. The van der Waals surface area contributed by atoms with E-state index in [1.54, 1.807) is 0 Å². The van der Waals surface area contributed by atoms with Crippen molar-refractivity contribution < 1.29 is 4.79 Å². The van der Waals surface area contributed by atoms with Crippen LogP contribution in [0.15, 0.2) is 66.7 Å². The van der Waals surface area contributed by atoms with E-state index >= 15 is 0 Å². The summed E-state index contributed by atoms with van der Waals surface area (Å²) in [7, 11) is 0. The predicted octanol–water partition coefficient (Wildman–Crippen LogP) is 4.08. The van der Waals surface area contributed by atoms with Crippen LogP contribution in [0.3, 0.4) is 0 Å². The first-order valence-corrected chi connectivity index (χ1v) is 7.60. The summed E-state index contributed by atoms with van der Waals surface area (Å²) < 4.78 is 0. The van der Waals surface area contributed by atoms with Crippen molar-refractivity contribution in [3.8, 4) is 0 Å². The second-order valence-electron chi connectivity index (χ2n) is 5.69. The van der Waals surface area contributed by atoms with E-state index in [0.717, 1.165) is 23.5 Å². The average Bonchev–Trinajstić information content (AvgIpc) is 2.55. The summed E-state index contributed by atoms with van der Waals surface area (Å²) in [5, 5.41) is 3.33. The highest BCUT2D eigenvalue weighted by Crippen LogP contribution is 2.19. The maximum Gasteiger partial charge on any atom is 0.254 e. The molecule has 1 aliphatic heterocycles. The number of carbonyl (C=O) groups excluding carboxylic acids is 1. The number of carbonyl (C=O) groups is 1. The van der Waals surface area contributed by atoms with Crippen LogP contribution in [0, 0.1) is 5.92 Å². The minimum atomic E-state index is 0.0907. The molecule has 1 amide bonds. The molecule has 1 heterocycles. The molecule has 0 fully saturated rings. The first-order valence-electron chi connectivity index (χ1n) is 7.60. The molecular weight excluding hydrogens is 272 g/mol. The summed E-state index contributed by atoms with van der Waals surface area (Å²) in [6.07, 6.45) is 4.23. The Kier molecular flexibility index (Phi) is 4.24. The van der Waals surface area contributed by atoms with Crippen molar-refractivity contribution in [2.45, 2.75) is 6.92 Å². The quantitative estimate of drug-likeness (QED) is 0.865. The number of anilines is 2. The topological polar surface area (TPSA) is 32.3 Å². The molecule has 2 aromatic carbocycles. The number of hydrogen-bond donors (Lipinski definition) is 1. The average molecular weight is 292 g/mol. The molecule has 1 unspecified atom stereocenters. The maximum atomic E-state index is 12.6. The van der Waals surface area contributed by atoms with Gasteiger partial charge in [0.1, 0.15) is 0 Å². The lowest BCUT2D eigenvalue weighted by atomic mass is 10.1. The molecule has 0 aliphatic carbocycles. The second kappa shape index (κ2) is 6.48. The molecule has 1 atom stereocenters. The molecule has 3 nitrogen and oxygen atoms in total. The minimum absolute atomic E-state index is 0.0907. The van der Waals surface area contributed by atoms with Gasteiger partial charge in [0.15, 0.2) is 0 Å². The summed E-state index contributed by atoms with van der Waals surface area (Å²) in [6.45, 7) is 3.61. The molecule has 1 N–H and O–H groups in total. The molecule has 3 rings (SSSR count). The molecular formula is C19H20N2O. The van der Waals surface area contributed by atoms with Crippen LogP contribution in [-0.4, -0.2) is 23.9 Å². The highest BCUT2D eigenvalue weighted by molar-refractivity contribution is 5.95. The van der Waals surface area contributed by atoms with Gasteiger partial charge in [0.2, 0.25) is 0 Å². The summed E-state index contributed by atoms with van der Waals surface area (Å²) in [5.74, 6) is 0.510. The molecule has 22 heavy (non-hydrogen) atoms. The predicted molar refractivity (Wildman–Crippen MR) is 90.4 cm³/mol. The molecule has 2 aromatic rings. The molecule has 0 spiro atoms. The summed E-state index contributed by atoms with van der Waals surface area (Å²) in [4.78, 5) is 14.5. The van der Waals surface area contributed by atoms with Crippen molar-refractivity contribution in [3.05, 3.63) is 72.3 Å². The Bertz CT molecular complexity index is 679. The van der Waals surface area contributed by atoms with E-state index in [1.807, 2.05) is 59.5 Å². The first kappa shape index (κ1) is 14.4. The molecule has 0 saturated heterocycles. The molecule has 1 aliphatic rings. The first-order chi connectivity index (χ1) is 10.7. The number of rotatable bonds is 3. The molecule has 0 radical (unpaired) electrons. The third kappa shape index (κ3) is 3.37. The summed E-state index contributed by atoms with van der Waals surface area (Å²) in [6, 6.07) is 17.6. The molecule has 112 valence electrons. The smallest absolute Gasteiger partial charge is 0.254 e. The van der Waals surface area contributed by atoms with E-state index in [1.165, 1.54) is 0 Å². The van der Waals surface area contributed by atoms with E-state index in [0.29, 0.717) is 12.5 Å². The zero-order valence-corrected chi connectivity index (χ0v) is 12.7. The third-order valence-corrected chi connectivity index (χ3v) is 3.76. The van der Waals surface area contributed by atoms with E-state index in [2.05, 4.69) is 24.4 Å². The van der Waals surface area contributed by atoms with Gasteiger partial charge in [0.25, 0.3) is 5.91 Å². The number of hydrogen-bond acceptors (Lipinski definition) is 2. The Morgan fingerprint density at radius 1 is 1.09 bits per heavy atom. The van der Waals surface area contributed by atoms with Gasteiger partial charge in [-0.1, -0.05) is 43.3 Å². The Hall–Kier alpha value is -2.55. The lowest BCUT2D eigenvalue weighted by molar-refractivity contribution is 0.0753. The SMILES string of the molecule is CC1C=CCN(C(=O)c2cccc(Nc3ccccc3)c2)C1. The van der Waals surface area contributed by atoms with Crippen LogP contribution >= 0.6 is 0 Å². The van der Waals surface area contributed by atoms with Crippen LogP contribution in [0.4, 0.5) is 11.4 Å². The van der Waals surface area contributed by atoms with Crippen molar-refractivity contribution in [2.75, 3.05) is 18.4 Å². The Labute approximate surface area is 131 Å². The normalized spacial score (nSPS) is 17.3. The molecule has 0 saturated carbocycles. The van der Waals surface area contributed by atoms with Gasteiger partial charge >= 0.3 is 0 Å².